The Hall–Kier alpha value is -2.27. The van der Waals surface area contributed by atoms with Crippen LogP contribution in [0.2, 0.25) is 0 Å². The zero-order valence-corrected chi connectivity index (χ0v) is 11.7. The van der Waals surface area contributed by atoms with Gasteiger partial charge in [0.25, 0.3) is 0 Å². The standard InChI is InChI=1S/C16H18FN3O/c17-15-3-1-13(2-4-15)5-10-19-12-16(21)20-11-14-6-8-18-9-7-14/h1-4,6-9,19H,5,10-12H2,(H,20,21). The number of benzene rings is 1. The number of amides is 1. The van der Waals surface area contributed by atoms with E-state index < -0.39 is 0 Å². The summed E-state index contributed by atoms with van der Waals surface area (Å²) in [6, 6.07) is 10.1. The maximum absolute atomic E-state index is 12.7. The molecule has 2 N–H and O–H groups in total. The molecule has 0 spiro atoms. The normalized spacial score (nSPS) is 10.3. The topological polar surface area (TPSA) is 54.0 Å². The van der Waals surface area contributed by atoms with E-state index in [2.05, 4.69) is 15.6 Å². The van der Waals surface area contributed by atoms with Gasteiger partial charge in [0.2, 0.25) is 5.91 Å². The largest absolute Gasteiger partial charge is 0.351 e. The van der Waals surface area contributed by atoms with E-state index in [1.54, 1.807) is 24.5 Å². The highest BCUT2D eigenvalue weighted by Gasteiger charge is 2.01. The first-order valence-electron chi connectivity index (χ1n) is 6.85. The fourth-order valence-corrected chi connectivity index (χ4v) is 1.85. The quantitative estimate of drug-likeness (QED) is 0.762. The van der Waals surface area contributed by atoms with Gasteiger partial charge >= 0.3 is 0 Å². The third-order valence-corrected chi connectivity index (χ3v) is 3.03. The fourth-order valence-electron chi connectivity index (χ4n) is 1.85. The molecule has 0 saturated carbocycles. The Kier molecular flexibility index (Phi) is 5.84. The number of aromatic nitrogens is 1. The molecule has 4 nitrogen and oxygen atoms in total. The second-order valence-electron chi connectivity index (χ2n) is 4.69. The average molecular weight is 287 g/mol. The summed E-state index contributed by atoms with van der Waals surface area (Å²) in [6.07, 6.45) is 4.16. The molecule has 21 heavy (non-hydrogen) atoms. The summed E-state index contributed by atoms with van der Waals surface area (Å²) in [7, 11) is 0. The van der Waals surface area contributed by atoms with E-state index in [1.807, 2.05) is 12.1 Å². The van der Waals surface area contributed by atoms with Crippen molar-refractivity contribution in [3.8, 4) is 0 Å². The number of carbonyl (C=O) groups excluding carboxylic acids is 1. The Morgan fingerprint density at radius 1 is 1.05 bits per heavy atom. The van der Waals surface area contributed by atoms with Gasteiger partial charge in [0.1, 0.15) is 5.82 Å². The molecule has 110 valence electrons. The van der Waals surface area contributed by atoms with Gasteiger partial charge in [-0.1, -0.05) is 12.1 Å². The van der Waals surface area contributed by atoms with E-state index in [0.29, 0.717) is 13.1 Å². The van der Waals surface area contributed by atoms with Crippen molar-refractivity contribution in [1.29, 1.82) is 0 Å². The van der Waals surface area contributed by atoms with Crippen molar-refractivity contribution in [3.05, 3.63) is 65.7 Å². The van der Waals surface area contributed by atoms with Crippen LogP contribution >= 0.6 is 0 Å². The highest BCUT2D eigenvalue weighted by molar-refractivity contribution is 5.77. The highest BCUT2D eigenvalue weighted by atomic mass is 19.1. The zero-order chi connectivity index (χ0) is 14.9. The fraction of sp³-hybridized carbons (Fsp3) is 0.250. The van der Waals surface area contributed by atoms with Gasteiger partial charge in [-0.3, -0.25) is 9.78 Å². The lowest BCUT2D eigenvalue weighted by Gasteiger charge is -2.07. The molecule has 1 heterocycles. The number of carbonyl (C=O) groups is 1. The minimum absolute atomic E-state index is 0.0501. The Bertz CT molecular complexity index is 557. The van der Waals surface area contributed by atoms with Crippen molar-refractivity contribution in [2.24, 2.45) is 0 Å². The molecule has 0 unspecified atom stereocenters. The number of nitrogens with one attached hydrogen (secondary N) is 2. The van der Waals surface area contributed by atoms with Crippen molar-refractivity contribution in [3.63, 3.8) is 0 Å². The Morgan fingerprint density at radius 2 is 1.76 bits per heavy atom. The molecule has 0 aliphatic rings. The summed E-state index contributed by atoms with van der Waals surface area (Å²) in [5, 5.41) is 5.89. The van der Waals surface area contributed by atoms with Crippen molar-refractivity contribution in [1.82, 2.24) is 15.6 Å². The third-order valence-electron chi connectivity index (χ3n) is 3.03. The van der Waals surface area contributed by atoms with Crippen LogP contribution in [0.3, 0.4) is 0 Å². The Labute approximate surface area is 123 Å². The van der Waals surface area contributed by atoms with E-state index in [1.165, 1.54) is 12.1 Å². The molecule has 5 heteroatoms. The minimum Gasteiger partial charge on any atom is -0.351 e. The second kappa shape index (κ2) is 8.11. The summed E-state index contributed by atoms with van der Waals surface area (Å²) in [4.78, 5) is 15.6. The maximum Gasteiger partial charge on any atom is 0.234 e. The van der Waals surface area contributed by atoms with Gasteiger partial charge in [-0.05, 0) is 48.4 Å². The Balaban J connectivity index is 1.60. The lowest BCUT2D eigenvalue weighted by Crippen LogP contribution is -2.34. The molecular formula is C16H18FN3O. The van der Waals surface area contributed by atoms with Crippen molar-refractivity contribution >= 4 is 5.91 Å². The molecule has 0 aliphatic carbocycles. The summed E-state index contributed by atoms with van der Waals surface area (Å²) < 4.78 is 12.7. The van der Waals surface area contributed by atoms with Gasteiger partial charge in [0.15, 0.2) is 0 Å². The van der Waals surface area contributed by atoms with E-state index in [0.717, 1.165) is 17.5 Å². The summed E-state index contributed by atoms with van der Waals surface area (Å²) in [5.74, 6) is -0.284. The van der Waals surface area contributed by atoms with Crippen LogP contribution in [0.5, 0.6) is 0 Å². The number of hydrogen-bond donors (Lipinski definition) is 2. The highest BCUT2D eigenvalue weighted by Crippen LogP contribution is 2.02. The van der Waals surface area contributed by atoms with Crippen LogP contribution in [0.25, 0.3) is 0 Å². The molecule has 0 saturated heterocycles. The van der Waals surface area contributed by atoms with Gasteiger partial charge in [0.05, 0.1) is 6.54 Å². The average Bonchev–Trinajstić information content (AvgIpc) is 2.52. The molecule has 1 aromatic heterocycles. The molecule has 2 aromatic rings. The van der Waals surface area contributed by atoms with Crippen LogP contribution in [0.15, 0.2) is 48.8 Å². The minimum atomic E-state index is -0.234. The van der Waals surface area contributed by atoms with Gasteiger partial charge in [-0.2, -0.15) is 0 Å². The van der Waals surface area contributed by atoms with Crippen molar-refractivity contribution < 1.29 is 9.18 Å². The van der Waals surface area contributed by atoms with Gasteiger partial charge in [0, 0.05) is 18.9 Å². The predicted octanol–water partition coefficient (Wildman–Crippen LogP) is 1.67. The first-order valence-corrected chi connectivity index (χ1v) is 6.85. The molecule has 1 aromatic carbocycles. The third kappa shape index (κ3) is 5.71. The molecule has 0 aliphatic heterocycles. The number of nitrogens with zero attached hydrogens (tertiary/aromatic N) is 1. The molecule has 0 atom stereocenters. The van der Waals surface area contributed by atoms with Crippen LogP contribution in [0.4, 0.5) is 4.39 Å². The second-order valence-corrected chi connectivity index (χ2v) is 4.69. The molecule has 0 bridgehead atoms. The monoisotopic (exact) mass is 287 g/mol. The molecular weight excluding hydrogens is 269 g/mol. The number of rotatable bonds is 7. The maximum atomic E-state index is 12.7. The van der Waals surface area contributed by atoms with Gasteiger partial charge in [-0.25, -0.2) is 4.39 Å². The lowest BCUT2D eigenvalue weighted by atomic mass is 10.1. The van der Waals surface area contributed by atoms with Gasteiger partial charge in [-0.15, -0.1) is 0 Å². The SMILES string of the molecule is O=C(CNCCc1ccc(F)cc1)NCc1ccncc1. The Morgan fingerprint density at radius 3 is 2.48 bits per heavy atom. The first kappa shape index (κ1) is 15.1. The summed E-state index contributed by atoms with van der Waals surface area (Å²) in [5.41, 5.74) is 2.06. The summed E-state index contributed by atoms with van der Waals surface area (Å²) >= 11 is 0. The number of hydrogen-bond acceptors (Lipinski definition) is 3. The summed E-state index contributed by atoms with van der Waals surface area (Å²) in [6.45, 7) is 1.45. The molecule has 2 rings (SSSR count). The van der Waals surface area contributed by atoms with Crippen LogP contribution in [0.1, 0.15) is 11.1 Å². The van der Waals surface area contributed by atoms with E-state index in [9.17, 15) is 9.18 Å². The van der Waals surface area contributed by atoms with E-state index >= 15 is 0 Å². The molecule has 0 radical (unpaired) electrons. The van der Waals surface area contributed by atoms with Crippen LogP contribution in [0, 0.1) is 5.82 Å². The number of halogens is 1. The smallest absolute Gasteiger partial charge is 0.234 e. The molecule has 1 amide bonds. The van der Waals surface area contributed by atoms with E-state index in [4.69, 9.17) is 0 Å². The lowest BCUT2D eigenvalue weighted by molar-refractivity contribution is -0.120. The zero-order valence-electron chi connectivity index (χ0n) is 11.7. The first-order chi connectivity index (χ1) is 10.2. The van der Waals surface area contributed by atoms with Crippen LogP contribution in [-0.4, -0.2) is 24.0 Å². The van der Waals surface area contributed by atoms with Crippen LogP contribution < -0.4 is 10.6 Å². The van der Waals surface area contributed by atoms with Gasteiger partial charge < -0.3 is 10.6 Å². The van der Waals surface area contributed by atoms with Crippen molar-refractivity contribution in [2.45, 2.75) is 13.0 Å². The van der Waals surface area contributed by atoms with E-state index in [-0.39, 0.29) is 18.3 Å². The molecule has 0 fully saturated rings. The predicted molar refractivity (Wildman–Crippen MR) is 79.1 cm³/mol. The van der Waals surface area contributed by atoms with Crippen LogP contribution in [-0.2, 0) is 17.8 Å². The number of pyridine rings is 1. The van der Waals surface area contributed by atoms with Crippen molar-refractivity contribution in [2.75, 3.05) is 13.1 Å².